The van der Waals surface area contributed by atoms with Crippen LogP contribution in [0.2, 0.25) is 0 Å². The third kappa shape index (κ3) is 2.56. The van der Waals surface area contributed by atoms with Crippen LogP contribution in [0.15, 0.2) is 6.33 Å². The number of aliphatic hydroxyl groups is 1. The predicted molar refractivity (Wildman–Crippen MR) is 57.4 cm³/mol. The maximum Gasteiger partial charge on any atom is 0.138 e. The quantitative estimate of drug-likeness (QED) is 0.750. The Kier molecular flexibility index (Phi) is 3.05. The van der Waals surface area contributed by atoms with Gasteiger partial charge in [-0.2, -0.15) is 5.10 Å². The topological polar surface area (TPSA) is 50.9 Å². The number of hydrogen-bond acceptors (Lipinski definition) is 3. The van der Waals surface area contributed by atoms with E-state index in [1.807, 2.05) is 7.05 Å². The number of rotatable bonds is 2. The molecule has 1 aliphatic carbocycles. The van der Waals surface area contributed by atoms with E-state index in [1.54, 1.807) is 11.0 Å². The molecule has 1 N–H and O–H groups in total. The molecule has 0 aliphatic heterocycles. The molecule has 4 heteroatoms. The van der Waals surface area contributed by atoms with Crippen LogP contribution in [0.3, 0.4) is 0 Å². The van der Waals surface area contributed by atoms with Gasteiger partial charge in [-0.3, -0.25) is 4.68 Å². The monoisotopic (exact) mass is 209 g/mol. The van der Waals surface area contributed by atoms with E-state index >= 15 is 0 Å². The van der Waals surface area contributed by atoms with E-state index in [0.717, 1.165) is 31.5 Å². The molecular weight excluding hydrogens is 190 g/mol. The van der Waals surface area contributed by atoms with Gasteiger partial charge in [-0.05, 0) is 12.8 Å². The van der Waals surface area contributed by atoms with Gasteiger partial charge in [-0.25, -0.2) is 4.98 Å². The van der Waals surface area contributed by atoms with Gasteiger partial charge < -0.3 is 5.11 Å². The number of aromatic nitrogens is 3. The second kappa shape index (κ2) is 4.31. The zero-order valence-corrected chi connectivity index (χ0v) is 9.32. The van der Waals surface area contributed by atoms with Crippen molar-refractivity contribution < 1.29 is 5.11 Å². The largest absolute Gasteiger partial charge is 0.389 e. The van der Waals surface area contributed by atoms with Gasteiger partial charge in [0.1, 0.15) is 12.2 Å². The molecule has 1 aromatic heterocycles. The molecule has 0 saturated heterocycles. The summed E-state index contributed by atoms with van der Waals surface area (Å²) in [7, 11) is 1.88. The van der Waals surface area contributed by atoms with Crippen LogP contribution in [-0.4, -0.2) is 25.5 Å². The van der Waals surface area contributed by atoms with Gasteiger partial charge in [0.25, 0.3) is 0 Å². The highest BCUT2D eigenvalue weighted by Gasteiger charge is 2.29. The summed E-state index contributed by atoms with van der Waals surface area (Å²) >= 11 is 0. The fourth-order valence-electron chi connectivity index (χ4n) is 2.34. The zero-order valence-electron chi connectivity index (χ0n) is 9.32. The highest BCUT2D eigenvalue weighted by molar-refractivity contribution is 4.94. The van der Waals surface area contributed by atoms with Crippen LogP contribution in [0.5, 0.6) is 0 Å². The molecule has 84 valence electrons. The maximum atomic E-state index is 10.5. The van der Waals surface area contributed by atoms with Crippen LogP contribution < -0.4 is 0 Å². The molecule has 2 rings (SSSR count). The summed E-state index contributed by atoms with van der Waals surface area (Å²) in [5, 5.41) is 14.5. The first-order valence-corrected chi connectivity index (χ1v) is 5.75. The molecule has 0 atom stereocenters. The Labute approximate surface area is 90.3 Å². The second-order valence-electron chi connectivity index (χ2n) is 4.62. The lowest BCUT2D eigenvalue weighted by atomic mass is 9.90. The molecule has 1 aromatic rings. The van der Waals surface area contributed by atoms with Gasteiger partial charge in [-0.1, -0.05) is 25.7 Å². The Morgan fingerprint density at radius 3 is 2.53 bits per heavy atom. The number of nitrogens with zero attached hydrogens (tertiary/aromatic N) is 3. The molecule has 0 amide bonds. The predicted octanol–water partition coefficient (Wildman–Crippen LogP) is 1.44. The lowest BCUT2D eigenvalue weighted by molar-refractivity contribution is 0.0226. The van der Waals surface area contributed by atoms with Gasteiger partial charge in [0, 0.05) is 13.5 Å². The van der Waals surface area contributed by atoms with Crippen molar-refractivity contribution in [3.8, 4) is 0 Å². The first kappa shape index (κ1) is 10.6. The lowest BCUT2D eigenvalue weighted by Gasteiger charge is -2.25. The van der Waals surface area contributed by atoms with Crippen molar-refractivity contribution in [1.29, 1.82) is 0 Å². The first-order valence-electron chi connectivity index (χ1n) is 5.75. The average molecular weight is 209 g/mol. The van der Waals surface area contributed by atoms with Crippen LogP contribution in [0, 0.1) is 0 Å². The molecule has 15 heavy (non-hydrogen) atoms. The fraction of sp³-hybridized carbons (Fsp3) is 0.818. The van der Waals surface area contributed by atoms with Crippen molar-refractivity contribution in [1.82, 2.24) is 14.8 Å². The summed E-state index contributed by atoms with van der Waals surface area (Å²) in [4.78, 5) is 4.18. The fourth-order valence-corrected chi connectivity index (χ4v) is 2.34. The Hall–Kier alpha value is -0.900. The van der Waals surface area contributed by atoms with Crippen molar-refractivity contribution in [2.45, 2.75) is 50.5 Å². The standard InChI is InChI=1S/C11H19N3O/c1-14-10(12-9-13-14)8-11(15)6-4-2-3-5-7-11/h9,15H,2-8H2,1H3. The SMILES string of the molecule is Cn1ncnc1CC1(O)CCCCCC1. The minimum Gasteiger partial charge on any atom is -0.389 e. The van der Waals surface area contributed by atoms with E-state index in [4.69, 9.17) is 0 Å². The number of hydrogen-bond donors (Lipinski definition) is 1. The minimum atomic E-state index is -0.544. The van der Waals surface area contributed by atoms with Crippen LogP contribution >= 0.6 is 0 Å². The molecule has 4 nitrogen and oxygen atoms in total. The van der Waals surface area contributed by atoms with E-state index in [9.17, 15) is 5.11 Å². The van der Waals surface area contributed by atoms with E-state index in [1.165, 1.54) is 12.8 Å². The molecule has 0 aromatic carbocycles. The average Bonchev–Trinajstić information content (AvgIpc) is 2.48. The van der Waals surface area contributed by atoms with Gasteiger partial charge in [0.05, 0.1) is 5.60 Å². The van der Waals surface area contributed by atoms with Gasteiger partial charge in [-0.15, -0.1) is 0 Å². The van der Waals surface area contributed by atoms with E-state index < -0.39 is 5.60 Å². The molecule has 1 aliphatic rings. The van der Waals surface area contributed by atoms with Crippen molar-refractivity contribution in [3.63, 3.8) is 0 Å². The summed E-state index contributed by atoms with van der Waals surface area (Å²) in [6.45, 7) is 0. The van der Waals surface area contributed by atoms with E-state index in [-0.39, 0.29) is 0 Å². The number of aryl methyl sites for hydroxylation is 1. The lowest BCUT2D eigenvalue weighted by Crippen LogP contribution is -2.31. The van der Waals surface area contributed by atoms with Gasteiger partial charge >= 0.3 is 0 Å². The van der Waals surface area contributed by atoms with E-state index in [0.29, 0.717) is 6.42 Å². The van der Waals surface area contributed by atoms with Crippen LogP contribution in [0.4, 0.5) is 0 Å². The molecule has 0 spiro atoms. The smallest absolute Gasteiger partial charge is 0.138 e. The van der Waals surface area contributed by atoms with Crippen molar-refractivity contribution >= 4 is 0 Å². The zero-order chi connectivity index (χ0) is 10.7. The highest BCUT2D eigenvalue weighted by atomic mass is 16.3. The van der Waals surface area contributed by atoms with Crippen molar-refractivity contribution in [2.24, 2.45) is 7.05 Å². The van der Waals surface area contributed by atoms with Crippen LogP contribution in [0.1, 0.15) is 44.3 Å². The normalized spacial score (nSPS) is 21.2. The molecule has 0 unspecified atom stereocenters. The summed E-state index contributed by atoms with van der Waals surface area (Å²) < 4.78 is 1.75. The summed E-state index contributed by atoms with van der Waals surface area (Å²) in [5.74, 6) is 0.888. The summed E-state index contributed by atoms with van der Waals surface area (Å²) in [6.07, 6.45) is 8.77. The van der Waals surface area contributed by atoms with Crippen LogP contribution in [-0.2, 0) is 13.5 Å². The Bertz CT molecular complexity index is 313. The van der Waals surface area contributed by atoms with Crippen molar-refractivity contribution in [3.05, 3.63) is 12.2 Å². The Morgan fingerprint density at radius 1 is 1.33 bits per heavy atom. The van der Waals surface area contributed by atoms with E-state index in [2.05, 4.69) is 10.1 Å². The van der Waals surface area contributed by atoms with Crippen molar-refractivity contribution in [2.75, 3.05) is 0 Å². The third-order valence-corrected chi connectivity index (χ3v) is 3.33. The molecule has 1 heterocycles. The summed E-state index contributed by atoms with van der Waals surface area (Å²) in [6, 6.07) is 0. The molecular formula is C11H19N3O. The highest BCUT2D eigenvalue weighted by Crippen LogP contribution is 2.29. The molecule has 1 saturated carbocycles. The third-order valence-electron chi connectivity index (χ3n) is 3.33. The van der Waals surface area contributed by atoms with Gasteiger partial charge in [0.15, 0.2) is 0 Å². The molecule has 1 fully saturated rings. The minimum absolute atomic E-state index is 0.544. The van der Waals surface area contributed by atoms with Gasteiger partial charge in [0.2, 0.25) is 0 Å². The Morgan fingerprint density at radius 2 is 2.00 bits per heavy atom. The molecule has 0 radical (unpaired) electrons. The maximum absolute atomic E-state index is 10.5. The van der Waals surface area contributed by atoms with Crippen LogP contribution in [0.25, 0.3) is 0 Å². The Balaban J connectivity index is 2.05. The second-order valence-corrected chi connectivity index (χ2v) is 4.62. The summed E-state index contributed by atoms with van der Waals surface area (Å²) in [5.41, 5.74) is -0.544. The first-order chi connectivity index (χ1) is 7.20. The molecule has 0 bridgehead atoms.